The number of likely N-dealkylation sites (tertiary alicyclic amines) is 1. The van der Waals surface area contributed by atoms with Gasteiger partial charge in [0.1, 0.15) is 0 Å². The van der Waals surface area contributed by atoms with Crippen molar-refractivity contribution in [2.45, 2.75) is 51.5 Å². The Morgan fingerprint density at radius 2 is 1.79 bits per heavy atom. The van der Waals surface area contributed by atoms with Crippen LogP contribution in [0.2, 0.25) is 0 Å². The van der Waals surface area contributed by atoms with Crippen LogP contribution in [0.15, 0.2) is 0 Å². The first kappa shape index (κ1) is 19.0. The highest BCUT2D eigenvalue weighted by Crippen LogP contribution is 2.27. The predicted molar refractivity (Wildman–Crippen MR) is 93.8 cm³/mol. The maximum absolute atomic E-state index is 13.2. The molecule has 0 aromatic rings. The molecule has 0 spiro atoms. The second-order valence-electron chi connectivity index (χ2n) is 7.26. The highest BCUT2D eigenvalue weighted by atomic mass is 16.6. The molecule has 6 nitrogen and oxygen atoms in total. The van der Waals surface area contributed by atoms with Crippen molar-refractivity contribution in [2.24, 2.45) is 5.92 Å². The average Bonchev–Trinajstić information content (AvgIpc) is 3.09. The quantitative estimate of drug-likeness (QED) is 0.744. The second kappa shape index (κ2) is 9.25. The van der Waals surface area contributed by atoms with Gasteiger partial charge in [-0.2, -0.15) is 0 Å². The van der Waals surface area contributed by atoms with Gasteiger partial charge in [0.15, 0.2) is 0 Å². The molecule has 1 saturated heterocycles. The van der Waals surface area contributed by atoms with Crippen molar-refractivity contribution in [3.63, 3.8) is 0 Å². The zero-order valence-electron chi connectivity index (χ0n) is 15.5. The van der Waals surface area contributed by atoms with Crippen molar-refractivity contribution >= 4 is 12.0 Å². The Bertz CT molecular complexity index is 422. The fraction of sp³-hybridized carbons (Fsp3) is 0.889. The van der Waals surface area contributed by atoms with E-state index in [1.165, 1.54) is 12.8 Å². The monoisotopic (exact) mass is 339 g/mol. The van der Waals surface area contributed by atoms with Crippen LogP contribution in [0.3, 0.4) is 0 Å². The summed E-state index contributed by atoms with van der Waals surface area (Å²) in [5.41, 5.74) is 0. The van der Waals surface area contributed by atoms with Crippen LogP contribution >= 0.6 is 0 Å². The summed E-state index contributed by atoms with van der Waals surface area (Å²) < 4.78 is 5.10. The lowest BCUT2D eigenvalue weighted by Gasteiger charge is -2.37. The summed E-state index contributed by atoms with van der Waals surface area (Å²) in [6, 6.07) is 0.385. The minimum absolute atomic E-state index is 0.0779. The molecule has 1 saturated carbocycles. The molecular weight excluding hydrogens is 306 g/mol. The van der Waals surface area contributed by atoms with Crippen LogP contribution in [0.5, 0.6) is 0 Å². The Kier molecular flexibility index (Phi) is 7.34. The van der Waals surface area contributed by atoms with E-state index >= 15 is 0 Å². The summed E-state index contributed by atoms with van der Waals surface area (Å²) in [6.45, 7) is 5.06. The lowest BCUT2D eigenvalue weighted by atomic mass is 9.96. The van der Waals surface area contributed by atoms with Crippen LogP contribution in [0, 0.1) is 5.92 Å². The Balaban J connectivity index is 1.99. The Labute approximate surface area is 146 Å². The molecule has 0 aromatic carbocycles. The molecular formula is C18H33N3O3. The van der Waals surface area contributed by atoms with Crippen molar-refractivity contribution in [1.29, 1.82) is 0 Å². The van der Waals surface area contributed by atoms with Crippen molar-refractivity contribution in [2.75, 3.05) is 46.9 Å². The lowest BCUT2D eigenvalue weighted by Crippen LogP contribution is -2.50. The predicted octanol–water partition coefficient (Wildman–Crippen LogP) is 2.19. The average molecular weight is 339 g/mol. The van der Waals surface area contributed by atoms with Crippen molar-refractivity contribution in [3.8, 4) is 0 Å². The van der Waals surface area contributed by atoms with Gasteiger partial charge in [0.25, 0.3) is 0 Å². The van der Waals surface area contributed by atoms with Crippen LogP contribution in [0.1, 0.15) is 45.4 Å². The molecule has 1 unspecified atom stereocenters. The van der Waals surface area contributed by atoms with E-state index in [1.54, 1.807) is 4.90 Å². The van der Waals surface area contributed by atoms with Crippen LogP contribution < -0.4 is 0 Å². The van der Waals surface area contributed by atoms with Crippen molar-refractivity contribution < 1.29 is 14.3 Å². The maximum Gasteiger partial charge on any atom is 0.409 e. The number of nitrogens with zero attached hydrogens (tertiary/aromatic N) is 3. The second-order valence-corrected chi connectivity index (χ2v) is 7.26. The van der Waals surface area contributed by atoms with Crippen LogP contribution in [-0.4, -0.2) is 79.6 Å². The Morgan fingerprint density at radius 3 is 2.42 bits per heavy atom. The first-order valence-electron chi connectivity index (χ1n) is 9.39. The normalized spacial score (nSPS) is 22.0. The van der Waals surface area contributed by atoms with Gasteiger partial charge in [-0.15, -0.1) is 0 Å². The molecule has 1 aliphatic heterocycles. The molecule has 6 heteroatoms. The van der Waals surface area contributed by atoms with Gasteiger partial charge in [-0.1, -0.05) is 12.8 Å². The zero-order chi connectivity index (χ0) is 17.5. The summed E-state index contributed by atoms with van der Waals surface area (Å²) in [4.78, 5) is 31.1. The summed E-state index contributed by atoms with van der Waals surface area (Å²) in [6.07, 6.45) is 6.14. The summed E-state index contributed by atoms with van der Waals surface area (Å²) in [5, 5.41) is 0. The molecule has 0 aromatic heterocycles. The fourth-order valence-corrected chi connectivity index (χ4v) is 3.79. The smallest absolute Gasteiger partial charge is 0.409 e. The van der Waals surface area contributed by atoms with E-state index in [-0.39, 0.29) is 17.9 Å². The molecule has 1 atom stereocenters. The van der Waals surface area contributed by atoms with Gasteiger partial charge < -0.3 is 19.4 Å². The van der Waals surface area contributed by atoms with Gasteiger partial charge in [-0.3, -0.25) is 4.79 Å². The van der Waals surface area contributed by atoms with E-state index in [1.807, 2.05) is 21.0 Å². The zero-order valence-corrected chi connectivity index (χ0v) is 15.5. The van der Waals surface area contributed by atoms with E-state index in [0.717, 1.165) is 38.8 Å². The van der Waals surface area contributed by atoms with E-state index in [9.17, 15) is 9.59 Å². The molecule has 2 fully saturated rings. The van der Waals surface area contributed by atoms with Gasteiger partial charge >= 0.3 is 6.09 Å². The van der Waals surface area contributed by atoms with Gasteiger partial charge in [0, 0.05) is 32.2 Å². The number of piperidine rings is 1. The number of likely N-dealkylation sites (N-methyl/N-ethyl adjacent to an activating group) is 1. The molecule has 24 heavy (non-hydrogen) atoms. The first-order valence-corrected chi connectivity index (χ1v) is 9.39. The molecule has 0 N–H and O–H groups in total. The standard InChI is InChI=1S/C18H33N3O3/c1-4-24-18(23)20-11-7-8-15(14-20)17(22)21(13-12-19(2)3)16-9-5-6-10-16/h15-16H,4-14H2,1-3H3. The van der Waals surface area contributed by atoms with Crippen molar-refractivity contribution in [3.05, 3.63) is 0 Å². The maximum atomic E-state index is 13.2. The molecule has 2 rings (SSSR count). The molecule has 1 heterocycles. The topological polar surface area (TPSA) is 53.1 Å². The van der Waals surface area contributed by atoms with Crippen LogP contribution in [0.4, 0.5) is 4.79 Å². The van der Waals surface area contributed by atoms with Gasteiger partial charge in [0.2, 0.25) is 5.91 Å². The number of carbonyl (C=O) groups excluding carboxylic acids is 2. The minimum Gasteiger partial charge on any atom is -0.450 e. The van der Waals surface area contributed by atoms with E-state index < -0.39 is 0 Å². The fourth-order valence-electron chi connectivity index (χ4n) is 3.79. The largest absolute Gasteiger partial charge is 0.450 e. The van der Waals surface area contributed by atoms with Crippen molar-refractivity contribution in [1.82, 2.24) is 14.7 Å². The van der Waals surface area contributed by atoms with Crippen LogP contribution in [-0.2, 0) is 9.53 Å². The van der Waals surface area contributed by atoms with Gasteiger partial charge in [-0.05, 0) is 46.7 Å². The Hall–Kier alpha value is -1.30. The van der Waals surface area contributed by atoms with E-state index in [0.29, 0.717) is 25.7 Å². The minimum atomic E-state index is -0.282. The van der Waals surface area contributed by atoms with E-state index in [4.69, 9.17) is 4.74 Å². The molecule has 2 amide bonds. The first-order chi connectivity index (χ1) is 11.5. The molecule has 1 aliphatic carbocycles. The molecule has 0 radical (unpaired) electrons. The molecule has 138 valence electrons. The van der Waals surface area contributed by atoms with Gasteiger partial charge in [0.05, 0.1) is 12.5 Å². The highest BCUT2D eigenvalue weighted by Gasteiger charge is 2.35. The number of carbonyl (C=O) groups is 2. The third-order valence-electron chi connectivity index (χ3n) is 5.13. The SMILES string of the molecule is CCOC(=O)N1CCCC(C(=O)N(CCN(C)C)C2CCCC2)C1. The number of amides is 2. The summed E-state index contributed by atoms with van der Waals surface area (Å²) in [5.74, 6) is 0.156. The van der Waals surface area contributed by atoms with Gasteiger partial charge in [-0.25, -0.2) is 4.79 Å². The third kappa shape index (κ3) is 5.10. The summed E-state index contributed by atoms with van der Waals surface area (Å²) in [7, 11) is 4.08. The number of hydrogen-bond acceptors (Lipinski definition) is 4. The number of hydrogen-bond donors (Lipinski definition) is 0. The Morgan fingerprint density at radius 1 is 1.08 bits per heavy atom. The number of rotatable bonds is 6. The molecule has 0 bridgehead atoms. The lowest BCUT2D eigenvalue weighted by molar-refractivity contribution is -0.139. The number of ether oxygens (including phenoxy) is 1. The molecule has 2 aliphatic rings. The van der Waals surface area contributed by atoms with Crippen LogP contribution in [0.25, 0.3) is 0 Å². The van der Waals surface area contributed by atoms with E-state index in [2.05, 4.69) is 9.80 Å². The highest BCUT2D eigenvalue weighted by molar-refractivity contribution is 5.80. The third-order valence-corrected chi connectivity index (χ3v) is 5.13. The summed E-state index contributed by atoms with van der Waals surface area (Å²) >= 11 is 0.